The first kappa shape index (κ1) is 12.2. The minimum Gasteiger partial charge on any atom is -0.351 e. The Bertz CT molecular complexity index is 554. The number of likely N-dealkylation sites (N-methyl/N-ethyl adjacent to an activating group) is 1. The molecule has 0 saturated heterocycles. The van der Waals surface area contributed by atoms with E-state index in [9.17, 15) is 9.59 Å². The number of amides is 2. The SMILES string of the molecule is CN(C)C(=O)CNC(=O)c1cc2ccccc2[nH]1. The topological polar surface area (TPSA) is 65.2 Å². The van der Waals surface area contributed by atoms with Gasteiger partial charge in [-0.15, -0.1) is 0 Å². The lowest BCUT2D eigenvalue weighted by Gasteiger charge is -2.10. The second-order valence-corrected chi connectivity index (χ2v) is 4.24. The smallest absolute Gasteiger partial charge is 0.268 e. The van der Waals surface area contributed by atoms with Gasteiger partial charge in [-0.3, -0.25) is 9.59 Å². The highest BCUT2D eigenvalue weighted by atomic mass is 16.2. The van der Waals surface area contributed by atoms with Gasteiger partial charge in [-0.1, -0.05) is 18.2 Å². The molecule has 1 heterocycles. The van der Waals surface area contributed by atoms with Crippen LogP contribution in [0.2, 0.25) is 0 Å². The monoisotopic (exact) mass is 245 g/mol. The van der Waals surface area contributed by atoms with Crippen molar-refractivity contribution >= 4 is 22.7 Å². The van der Waals surface area contributed by atoms with E-state index in [4.69, 9.17) is 0 Å². The molecule has 0 fully saturated rings. The summed E-state index contributed by atoms with van der Waals surface area (Å²) in [6.45, 7) is 0.00119. The van der Waals surface area contributed by atoms with Gasteiger partial charge in [-0.2, -0.15) is 0 Å². The standard InChI is InChI=1S/C13H15N3O2/c1-16(2)12(17)8-14-13(18)11-7-9-5-3-4-6-10(9)15-11/h3-7,15H,8H2,1-2H3,(H,14,18). The van der Waals surface area contributed by atoms with Crippen LogP contribution in [0.15, 0.2) is 30.3 Å². The minimum atomic E-state index is -0.276. The number of benzene rings is 1. The Hall–Kier alpha value is -2.30. The van der Waals surface area contributed by atoms with Crippen molar-refractivity contribution in [2.24, 2.45) is 0 Å². The number of carbonyl (C=O) groups excluding carboxylic acids is 2. The zero-order valence-corrected chi connectivity index (χ0v) is 10.4. The second-order valence-electron chi connectivity index (χ2n) is 4.24. The fraction of sp³-hybridized carbons (Fsp3) is 0.231. The van der Waals surface area contributed by atoms with Crippen molar-refractivity contribution in [2.75, 3.05) is 20.6 Å². The molecule has 0 aliphatic heterocycles. The van der Waals surface area contributed by atoms with Gasteiger partial charge in [-0.25, -0.2) is 0 Å². The van der Waals surface area contributed by atoms with Gasteiger partial charge in [0.05, 0.1) is 6.54 Å². The first-order valence-corrected chi connectivity index (χ1v) is 5.64. The molecule has 0 spiro atoms. The van der Waals surface area contributed by atoms with E-state index in [1.54, 1.807) is 20.2 Å². The normalized spacial score (nSPS) is 10.3. The number of aromatic amines is 1. The fourth-order valence-electron chi connectivity index (χ4n) is 1.60. The Kier molecular flexibility index (Phi) is 3.32. The van der Waals surface area contributed by atoms with Gasteiger partial charge in [0, 0.05) is 25.0 Å². The van der Waals surface area contributed by atoms with Crippen molar-refractivity contribution in [1.29, 1.82) is 0 Å². The third-order valence-electron chi connectivity index (χ3n) is 2.67. The molecule has 0 radical (unpaired) electrons. The summed E-state index contributed by atoms with van der Waals surface area (Å²) in [5.41, 5.74) is 1.37. The number of H-pyrrole nitrogens is 1. The molecule has 2 aromatic rings. The summed E-state index contributed by atoms with van der Waals surface area (Å²) in [4.78, 5) is 27.6. The summed E-state index contributed by atoms with van der Waals surface area (Å²) in [6, 6.07) is 9.40. The number of hydrogen-bond acceptors (Lipinski definition) is 2. The van der Waals surface area contributed by atoms with Crippen molar-refractivity contribution in [3.8, 4) is 0 Å². The molecule has 5 nitrogen and oxygen atoms in total. The minimum absolute atomic E-state index is 0.00119. The Morgan fingerprint density at radius 1 is 1.28 bits per heavy atom. The number of carbonyl (C=O) groups is 2. The summed E-state index contributed by atoms with van der Waals surface area (Å²) in [5.74, 6) is -0.416. The number of aromatic nitrogens is 1. The van der Waals surface area contributed by atoms with E-state index in [-0.39, 0.29) is 18.4 Å². The predicted octanol–water partition coefficient (Wildman–Crippen LogP) is 0.986. The molecule has 0 bridgehead atoms. The molecule has 0 aliphatic carbocycles. The lowest BCUT2D eigenvalue weighted by atomic mass is 10.2. The zero-order chi connectivity index (χ0) is 13.1. The van der Waals surface area contributed by atoms with E-state index in [0.29, 0.717) is 5.69 Å². The van der Waals surface area contributed by atoms with E-state index in [1.807, 2.05) is 24.3 Å². The maximum absolute atomic E-state index is 11.8. The fourth-order valence-corrected chi connectivity index (χ4v) is 1.60. The molecule has 2 amide bonds. The second kappa shape index (κ2) is 4.91. The maximum atomic E-state index is 11.8. The van der Waals surface area contributed by atoms with Crippen LogP contribution in [-0.4, -0.2) is 42.3 Å². The van der Waals surface area contributed by atoms with E-state index < -0.39 is 0 Å². The Morgan fingerprint density at radius 3 is 2.67 bits per heavy atom. The van der Waals surface area contributed by atoms with Gasteiger partial charge in [0.25, 0.3) is 5.91 Å². The number of rotatable bonds is 3. The maximum Gasteiger partial charge on any atom is 0.268 e. The molecule has 2 N–H and O–H groups in total. The number of fused-ring (bicyclic) bond motifs is 1. The highest BCUT2D eigenvalue weighted by Gasteiger charge is 2.11. The number of hydrogen-bond donors (Lipinski definition) is 2. The number of para-hydroxylation sites is 1. The Morgan fingerprint density at radius 2 is 2.00 bits per heavy atom. The highest BCUT2D eigenvalue weighted by Crippen LogP contribution is 2.14. The molecule has 0 saturated carbocycles. The molecule has 94 valence electrons. The van der Waals surface area contributed by atoms with E-state index in [1.165, 1.54) is 4.90 Å². The summed E-state index contributed by atoms with van der Waals surface area (Å²) >= 11 is 0. The van der Waals surface area contributed by atoms with E-state index in [0.717, 1.165) is 10.9 Å². The first-order chi connectivity index (χ1) is 8.58. The third-order valence-corrected chi connectivity index (χ3v) is 2.67. The van der Waals surface area contributed by atoms with Gasteiger partial charge in [0.1, 0.15) is 5.69 Å². The zero-order valence-electron chi connectivity index (χ0n) is 10.4. The summed E-state index contributed by atoms with van der Waals surface area (Å²) in [6.07, 6.45) is 0. The lowest BCUT2D eigenvalue weighted by Crippen LogP contribution is -2.36. The van der Waals surface area contributed by atoms with Crippen molar-refractivity contribution < 1.29 is 9.59 Å². The third kappa shape index (κ3) is 2.51. The molecular formula is C13H15N3O2. The molecule has 5 heteroatoms. The summed E-state index contributed by atoms with van der Waals surface area (Å²) < 4.78 is 0. The van der Waals surface area contributed by atoms with Crippen LogP contribution in [-0.2, 0) is 4.79 Å². The number of nitrogens with one attached hydrogen (secondary N) is 2. The van der Waals surface area contributed by atoms with Crippen LogP contribution in [0, 0.1) is 0 Å². The van der Waals surface area contributed by atoms with Gasteiger partial charge >= 0.3 is 0 Å². The van der Waals surface area contributed by atoms with Crippen molar-refractivity contribution in [3.05, 3.63) is 36.0 Å². The van der Waals surface area contributed by atoms with Crippen LogP contribution in [0.5, 0.6) is 0 Å². The van der Waals surface area contributed by atoms with Gasteiger partial charge in [0.2, 0.25) is 5.91 Å². The Labute approximate surface area is 105 Å². The molecule has 1 aromatic carbocycles. The van der Waals surface area contributed by atoms with Crippen LogP contribution in [0.3, 0.4) is 0 Å². The van der Waals surface area contributed by atoms with E-state index >= 15 is 0 Å². The molecule has 2 rings (SSSR count). The van der Waals surface area contributed by atoms with Crippen molar-refractivity contribution in [3.63, 3.8) is 0 Å². The van der Waals surface area contributed by atoms with Gasteiger partial charge in [0.15, 0.2) is 0 Å². The molecule has 0 atom stereocenters. The molecule has 0 aliphatic rings. The highest BCUT2D eigenvalue weighted by molar-refractivity contribution is 5.99. The lowest BCUT2D eigenvalue weighted by molar-refractivity contribution is -0.127. The van der Waals surface area contributed by atoms with Crippen LogP contribution in [0.25, 0.3) is 10.9 Å². The van der Waals surface area contributed by atoms with Crippen molar-refractivity contribution in [1.82, 2.24) is 15.2 Å². The van der Waals surface area contributed by atoms with Crippen LogP contribution < -0.4 is 5.32 Å². The molecule has 1 aromatic heterocycles. The first-order valence-electron chi connectivity index (χ1n) is 5.64. The van der Waals surface area contributed by atoms with Crippen LogP contribution in [0.1, 0.15) is 10.5 Å². The molecule has 18 heavy (non-hydrogen) atoms. The molecule has 0 unspecified atom stereocenters. The summed E-state index contributed by atoms with van der Waals surface area (Å²) in [7, 11) is 3.30. The predicted molar refractivity (Wildman–Crippen MR) is 69.3 cm³/mol. The van der Waals surface area contributed by atoms with Crippen LogP contribution in [0.4, 0.5) is 0 Å². The van der Waals surface area contributed by atoms with Crippen LogP contribution >= 0.6 is 0 Å². The van der Waals surface area contributed by atoms with Gasteiger partial charge in [-0.05, 0) is 12.1 Å². The average Bonchev–Trinajstić information content (AvgIpc) is 2.79. The number of nitrogens with zero attached hydrogens (tertiary/aromatic N) is 1. The average molecular weight is 245 g/mol. The largest absolute Gasteiger partial charge is 0.351 e. The summed E-state index contributed by atoms with van der Waals surface area (Å²) in [5, 5.41) is 3.55. The Balaban J connectivity index is 2.07. The van der Waals surface area contributed by atoms with Crippen molar-refractivity contribution in [2.45, 2.75) is 0 Å². The quantitative estimate of drug-likeness (QED) is 0.846. The molecular weight excluding hydrogens is 230 g/mol. The van der Waals surface area contributed by atoms with E-state index in [2.05, 4.69) is 10.3 Å². The van der Waals surface area contributed by atoms with Gasteiger partial charge < -0.3 is 15.2 Å².